The molecule has 0 radical (unpaired) electrons. The lowest BCUT2D eigenvalue weighted by atomic mass is 9.94. The summed E-state index contributed by atoms with van der Waals surface area (Å²) >= 11 is 0. The highest BCUT2D eigenvalue weighted by Crippen LogP contribution is 2.22. The number of benzene rings is 2. The quantitative estimate of drug-likeness (QED) is 0.805. The van der Waals surface area contributed by atoms with E-state index in [1.807, 2.05) is 61.5 Å². The van der Waals surface area contributed by atoms with Gasteiger partial charge in [0.25, 0.3) is 0 Å². The second kappa shape index (κ2) is 9.37. The number of likely N-dealkylation sites (tertiary alicyclic amines) is 1. The molecule has 6 heteroatoms. The van der Waals surface area contributed by atoms with Gasteiger partial charge in [-0.3, -0.25) is 14.5 Å². The molecule has 28 heavy (non-hydrogen) atoms. The number of piperidine rings is 1. The fraction of sp³-hybridized carbons (Fsp3) is 0.364. The summed E-state index contributed by atoms with van der Waals surface area (Å²) in [7, 11) is 1.61. The first kappa shape index (κ1) is 19.9. The highest BCUT2D eigenvalue weighted by Gasteiger charge is 2.29. The van der Waals surface area contributed by atoms with Gasteiger partial charge in [0.1, 0.15) is 5.75 Å². The Morgan fingerprint density at radius 3 is 2.18 bits per heavy atom. The number of anilines is 2. The Hall–Kier alpha value is -2.86. The predicted octanol–water partition coefficient (Wildman–Crippen LogP) is 3.37. The van der Waals surface area contributed by atoms with Crippen LogP contribution in [0.2, 0.25) is 0 Å². The first-order chi connectivity index (χ1) is 13.6. The molecule has 2 aromatic carbocycles. The number of methoxy groups -OCH3 is 1. The van der Waals surface area contributed by atoms with Crippen molar-refractivity contribution >= 4 is 23.2 Å². The Morgan fingerprint density at radius 2 is 1.57 bits per heavy atom. The zero-order chi connectivity index (χ0) is 19.9. The van der Waals surface area contributed by atoms with Gasteiger partial charge in [-0.15, -0.1) is 0 Å². The molecule has 148 valence electrons. The van der Waals surface area contributed by atoms with Crippen LogP contribution in [0.1, 0.15) is 19.8 Å². The fourth-order valence-corrected chi connectivity index (χ4v) is 3.40. The molecule has 1 aliphatic heterocycles. The van der Waals surface area contributed by atoms with Crippen LogP contribution < -0.4 is 15.4 Å². The van der Waals surface area contributed by atoms with Gasteiger partial charge in [-0.1, -0.05) is 18.2 Å². The van der Waals surface area contributed by atoms with Gasteiger partial charge in [0.15, 0.2) is 0 Å². The summed E-state index contributed by atoms with van der Waals surface area (Å²) in [6, 6.07) is 16.5. The van der Waals surface area contributed by atoms with Gasteiger partial charge in [0.2, 0.25) is 11.8 Å². The minimum absolute atomic E-state index is 0.0201. The topological polar surface area (TPSA) is 70.7 Å². The van der Waals surface area contributed by atoms with Crippen molar-refractivity contribution < 1.29 is 14.3 Å². The molecule has 1 fully saturated rings. The molecule has 0 aromatic heterocycles. The smallest absolute Gasteiger partial charge is 0.241 e. The Balaban J connectivity index is 1.47. The zero-order valence-electron chi connectivity index (χ0n) is 16.4. The van der Waals surface area contributed by atoms with E-state index in [2.05, 4.69) is 15.5 Å². The van der Waals surface area contributed by atoms with E-state index in [0.717, 1.165) is 43.1 Å². The van der Waals surface area contributed by atoms with Crippen molar-refractivity contribution in [3.8, 4) is 5.75 Å². The number of rotatable bonds is 6. The van der Waals surface area contributed by atoms with Gasteiger partial charge in [-0.05, 0) is 69.3 Å². The minimum Gasteiger partial charge on any atom is -0.497 e. The number of nitrogens with one attached hydrogen (secondary N) is 2. The lowest BCUT2D eigenvalue weighted by Crippen LogP contribution is -2.47. The summed E-state index contributed by atoms with van der Waals surface area (Å²) in [6.07, 6.45) is 1.50. The van der Waals surface area contributed by atoms with Crippen LogP contribution in [-0.4, -0.2) is 43.0 Å². The summed E-state index contributed by atoms with van der Waals surface area (Å²) < 4.78 is 5.13. The fourth-order valence-electron chi connectivity index (χ4n) is 3.40. The van der Waals surface area contributed by atoms with Crippen molar-refractivity contribution in [1.29, 1.82) is 0 Å². The van der Waals surface area contributed by atoms with E-state index in [0.29, 0.717) is 0 Å². The molecule has 2 amide bonds. The van der Waals surface area contributed by atoms with Crippen LogP contribution in [0.15, 0.2) is 54.6 Å². The Morgan fingerprint density at radius 1 is 0.964 bits per heavy atom. The Kier molecular flexibility index (Phi) is 6.66. The summed E-state index contributed by atoms with van der Waals surface area (Å²) in [5.74, 6) is 0.744. The van der Waals surface area contributed by atoms with Crippen LogP contribution in [-0.2, 0) is 9.59 Å². The number of nitrogens with zero attached hydrogens (tertiary/aromatic N) is 1. The van der Waals surface area contributed by atoms with Gasteiger partial charge in [-0.2, -0.15) is 0 Å². The van der Waals surface area contributed by atoms with E-state index in [1.165, 1.54) is 0 Å². The molecule has 1 atom stereocenters. The maximum atomic E-state index is 12.6. The Bertz CT molecular complexity index is 784. The third kappa shape index (κ3) is 5.10. The summed E-state index contributed by atoms with van der Waals surface area (Å²) in [5.41, 5.74) is 1.57. The van der Waals surface area contributed by atoms with Crippen LogP contribution in [0.5, 0.6) is 5.75 Å². The molecule has 2 N–H and O–H groups in total. The Labute approximate surface area is 165 Å². The molecule has 0 unspecified atom stereocenters. The van der Waals surface area contributed by atoms with E-state index in [9.17, 15) is 9.59 Å². The monoisotopic (exact) mass is 381 g/mol. The molecule has 1 aliphatic rings. The third-order valence-corrected chi connectivity index (χ3v) is 5.23. The largest absolute Gasteiger partial charge is 0.497 e. The maximum Gasteiger partial charge on any atom is 0.241 e. The molecular formula is C22H27N3O3. The molecule has 1 heterocycles. The number of ether oxygens (including phenoxy) is 1. The van der Waals surface area contributed by atoms with E-state index in [1.54, 1.807) is 7.11 Å². The van der Waals surface area contributed by atoms with Gasteiger partial charge in [0.05, 0.1) is 13.2 Å². The van der Waals surface area contributed by atoms with Crippen molar-refractivity contribution in [2.24, 2.45) is 5.92 Å². The third-order valence-electron chi connectivity index (χ3n) is 5.23. The average Bonchev–Trinajstić information content (AvgIpc) is 2.74. The van der Waals surface area contributed by atoms with E-state index < -0.39 is 0 Å². The maximum absolute atomic E-state index is 12.6. The van der Waals surface area contributed by atoms with Crippen LogP contribution in [0.25, 0.3) is 0 Å². The van der Waals surface area contributed by atoms with Crippen LogP contribution in [0.4, 0.5) is 11.4 Å². The highest BCUT2D eigenvalue weighted by atomic mass is 16.5. The average molecular weight is 381 g/mol. The van der Waals surface area contributed by atoms with E-state index in [-0.39, 0.29) is 23.8 Å². The van der Waals surface area contributed by atoms with E-state index >= 15 is 0 Å². The molecule has 6 nitrogen and oxygen atoms in total. The van der Waals surface area contributed by atoms with Gasteiger partial charge < -0.3 is 15.4 Å². The van der Waals surface area contributed by atoms with Crippen LogP contribution >= 0.6 is 0 Å². The van der Waals surface area contributed by atoms with Crippen molar-refractivity contribution in [2.45, 2.75) is 25.8 Å². The molecule has 3 rings (SSSR count). The lowest BCUT2D eigenvalue weighted by molar-refractivity contribution is -0.123. The van der Waals surface area contributed by atoms with Crippen molar-refractivity contribution in [2.75, 3.05) is 30.8 Å². The SMILES string of the molecule is COc1ccc(NC(=O)[C@@H](C)N2CCC(C(=O)Nc3ccccc3)CC2)cc1. The first-order valence-corrected chi connectivity index (χ1v) is 9.61. The second-order valence-corrected chi connectivity index (χ2v) is 7.06. The van der Waals surface area contributed by atoms with E-state index in [4.69, 9.17) is 4.74 Å². The van der Waals surface area contributed by atoms with Crippen LogP contribution in [0, 0.1) is 5.92 Å². The number of para-hydroxylation sites is 1. The van der Waals surface area contributed by atoms with Crippen molar-refractivity contribution in [1.82, 2.24) is 4.90 Å². The molecular weight excluding hydrogens is 354 g/mol. The lowest BCUT2D eigenvalue weighted by Gasteiger charge is -2.34. The van der Waals surface area contributed by atoms with Crippen molar-refractivity contribution in [3.63, 3.8) is 0 Å². The molecule has 1 saturated heterocycles. The summed E-state index contributed by atoms with van der Waals surface area (Å²) in [5, 5.41) is 5.91. The van der Waals surface area contributed by atoms with Gasteiger partial charge in [0, 0.05) is 17.3 Å². The number of carbonyl (C=O) groups is 2. The number of hydrogen-bond acceptors (Lipinski definition) is 4. The molecule has 0 spiro atoms. The highest BCUT2D eigenvalue weighted by molar-refractivity contribution is 5.95. The van der Waals surface area contributed by atoms with Crippen LogP contribution in [0.3, 0.4) is 0 Å². The predicted molar refractivity (Wildman–Crippen MR) is 110 cm³/mol. The van der Waals surface area contributed by atoms with Gasteiger partial charge >= 0.3 is 0 Å². The minimum atomic E-state index is -0.250. The molecule has 0 aliphatic carbocycles. The normalized spacial score (nSPS) is 16.2. The second-order valence-electron chi connectivity index (χ2n) is 7.06. The molecule has 0 bridgehead atoms. The number of hydrogen-bond donors (Lipinski definition) is 2. The van der Waals surface area contributed by atoms with Crippen molar-refractivity contribution in [3.05, 3.63) is 54.6 Å². The summed E-state index contributed by atoms with van der Waals surface area (Å²) in [4.78, 5) is 27.1. The summed E-state index contributed by atoms with van der Waals surface area (Å²) in [6.45, 7) is 3.36. The molecule has 0 saturated carbocycles. The standard InChI is InChI=1S/C22H27N3O3/c1-16(21(26)23-19-8-10-20(28-2)11-9-19)25-14-12-17(13-15-25)22(27)24-18-6-4-3-5-7-18/h3-11,16-17H,12-15H2,1-2H3,(H,23,26)(H,24,27)/t16-/m1/s1. The zero-order valence-corrected chi connectivity index (χ0v) is 16.4. The first-order valence-electron chi connectivity index (χ1n) is 9.61. The van der Waals surface area contributed by atoms with Gasteiger partial charge in [-0.25, -0.2) is 0 Å². The number of amides is 2. The number of carbonyl (C=O) groups excluding carboxylic acids is 2. The molecule has 2 aromatic rings.